The van der Waals surface area contributed by atoms with Gasteiger partial charge in [-0.15, -0.1) is 0 Å². The zero-order chi connectivity index (χ0) is 71.4. The highest BCUT2D eigenvalue weighted by Gasteiger charge is 2.48. The minimum absolute atomic E-state index is 0.00502. The second-order valence-electron chi connectivity index (χ2n) is 23.9. The maximum Gasteiger partial charge on any atom is 0.472 e. The number of aliphatic hydroxyl groups excluding tert-OH is 9. The van der Waals surface area contributed by atoms with Crippen LogP contribution in [-0.2, 0) is 89.8 Å². The van der Waals surface area contributed by atoms with Gasteiger partial charge in [0, 0.05) is 92.3 Å². The summed E-state index contributed by atoms with van der Waals surface area (Å²) in [5.74, 6) is -2.96. The number of aliphatic hydroxyl groups is 9. The summed E-state index contributed by atoms with van der Waals surface area (Å²) in [6.07, 6.45) is -14.7. The maximum absolute atomic E-state index is 13.8. The number of phosphoric acid groups is 1. The molecule has 38 heteroatoms. The van der Waals surface area contributed by atoms with Crippen LogP contribution in [0.3, 0.4) is 0 Å². The number of ether oxygens (including phenoxy) is 9. The third-order valence-corrected chi connectivity index (χ3v) is 16.1. The van der Waals surface area contributed by atoms with Crippen molar-refractivity contribution < 1.29 is 141 Å². The summed E-state index contributed by atoms with van der Waals surface area (Å²) >= 11 is 0. The third-order valence-electron chi connectivity index (χ3n) is 14.8. The van der Waals surface area contributed by atoms with Crippen molar-refractivity contribution in [2.75, 3.05) is 138 Å². The van der Waals surface area contributed by atoms with E-state index in [2.05, 4.69) is 31.9 Å². The summed E-state index contributed by atoms with van der Waals surface area (Å²) < 4.78 is 72.9. The fourth-order valence-electron chi connectivity index (χ4n) is 10.1. The van der Waals surface area contributed by atoms with E-state index in [1.54, 1.807) is 20.8 Å². The van der Waals surface area contributed by atoms with Crippen LogP contribution in [0.1, 0.15) is 92.9 Å². The zero-order valence-electron chi connectivity index (χ0n) is 55.7. The van der Waals surface area contributed by atoms with Crippen LogP contribution in [-0.4, -0.2) is 338 Å². The van der Waals surface area contributed by atoms with Crippen molar-refractivity contribution in [2.45, 2.75) is 190 Å². The molecule has 0 aromatic carbocycles. The predicted octanol–water partition coefficient (Wildman–Crippen LogP) is -6.55. The highest BCUT2D eigenvalue weighted by molar-refractivity contribution is 7.47. The molecule has 3 heterocycles. The lowest BCUT2D eigenvalue weighted by Crippen LogP contribution is -2.64. The van der Waals surface area contributed by atoms with Crippen molar-refractivity contribution in [3.8, 4) is 0 Å². The Hall–Kier alpha value is -4.36. The van der Waals surface area contributed by atoms with Crippen molar-refractivity contribution in [1.29, 1.82) is 0 Å². The van der Waals surface area contributed by atoms with Gasteiger partial charge in [0.05, 0.1) is 91.5 Å². The van der Waals surface area contributed by atoms with Crippen LogP contribution in [0.4, 0.5) is 0 Å². The van der Waals surface area contributed by atoms with Crippen molar-refractivity contribution in [3.63, 3.8) is 0 Å². The molecule has 3 aliphatic heterocycles. The zero-order valence-corrected chi connectivity index (χ0v) is 56.6. The Kier molecular flexibility index (Phi) is 41.3. The summed E-state index contributed by atoms with van der Waals surface area (Å²) in [6.45, 7) is 7.36. The molecule has 0 bridgehead atoms. The van der Waals surface area contributed by atoms with Crippen LogP contribution < -0.4 is 31.9 Å². The molecule has 16 unspecified atom stereocenters. The molecule has 0 aromatic rings. The van der Waals surface area contributed by atoms with Gasteiger partial charge in [-0.25, -0.2) is 4.57 Å². The number of nitrogens with zero attached hydrogens (tertiary/aromatic N) is 2. The van der Waals surface area contributed by atoms with Crippen molar-refractivity contribution >= 4 is 49.2 Å². The van der Waals surface area contributed by atoms with E-state index in [-0.39, 0.29) is 162 Å². The van der Waals surface area contributed by atoms with Gasteiger partial charge < -0.3 is 135 Å². The number of unbranched alkanes of at least 4 members (excludes halogenated alkanes) is 2. The van der Waals surface area contributed by atoms with E-state index >= 15 is 0 Å². The average molecular weight is 1410 g/mol. The average Bonchev–Trinajstić information content (AvgIpc) is 0.829. The molecule has 0 aromatic heterocycles. The van der Waals surface area contributed by atoms with Gasteiger partial charge in [0.25, 0.3) is 0 Å². The predicted molar refractivity (Wildman–Crippen MR) is 332 cm³/mol. The molecule has 96 heavy (non-hydrogen) atoms. The molecule has 558 valence electrons. The Bertz CT molecular complexity index is 2260. The second-order valence-corrected chi connectivity index (χ2v) is 25.3. The minimum atomic E-state index is -4.32. The summed E-state index contributed by atoms with van der Waals surface area (Å²) in [5.41, 5.74) is -0.933. The lowest BCUT2D eigenvalue weighted by atomic mass is 9.97. The van der Waals surface area contributed by atoms with Crippen LogP contribution in [0.25, 0.3) is 0 Å². The first kappa shape index (κ1) is 85.9. The molecule has 16 atom stereocenters. The van der Waals surface area contributed by atoms with Crippen molar-refractivity contribution in [1.82, 2.24) is 41.7 Å². The SMILES string of the molecule is CC(=O)NC1C(OCCOCCNC(=O)CCN(CCCN(CCC(=O)NCCOCCOC2OC(CO)C(O)C(O)C2NC(C)=O)C(=O)CCCCCOP(=O)(O)OC(C)(C)C)CCC(=O)NCCOCCOC2OC(CO)C(O)C(O)C2NC(C)=O)OC(CO)C(O)C1O. The molecule has 16 N–H and O–H groups in total. The van der Waals surface area contributed by atoms with E-state index in [1.807, 2.05) is 4.90 Å². The smallest absolute Gasteiger partial charge is 0.394 e. The molecule has 3 aliphatic rings. The van der Waals surface area contributed by atoms with E-state index in [1.165, 1.54) is 25.7 Å². The Morgan fingerprint density at radius 1 is 0.448 bits per heavy atom. The highest BCUT2D eigenvalue weighted by atomic mass is 31.2. The Morgan fingerprint density at radius 3 is 1.16 bits per heavy atom. The number of carbonyl (C=O) groups excluding carboxylic acids is 7. The molecule has 7 amide bonds. The molecule has 3 saturated heterocycles. The molecule has 3 fully saturated rings. The van der Waals surface area contributed by atoms with Gasteiger partial charge in [0.1, 0.15) is 73.1 Å². The second kappa shape index (κ2) is 46.1. The fourth-order valence-corrected chi connectivity index (χ4v) is 11.2. The molecular weight excluding hydrogens is 1300 g/mol. The van der Waals surface area contributed by atoms with Gasteiger partial charge in [0.2, 0.25) is 41.4 Å². The quantitative estimate of drug-likeness (QED) is 0.0199. The molecule has 0 spiro atoms. The highest BCUT2D eigenvalue weighted by Crippen LogP contribution is 2.47. The number of phosphoric ester groups is 1. The van der Waals surface area contributed by atoms with Gasteiger partial charge in [-0.1, -0.05) is 6.42 Å². The molecule has 3 rings (SSSR count). The standard InChI is InChI=1S/C58H107N8O29P/c1-36(70)62-46-52(80)49(77)39(33-67)92-55(46)88-30-27-85-24-15-59-42(73)12-20-65(21-13-43(74)60-16-25-86-28-31-89-56-47(63-37(2)71)53(81)50(78)40(34-68)93-56)18-10-19-66(45(76)11-8-7-9-23-91-96(83,84)95-58(4,5)6)22-14-44(75)61-17-26-87-29-32-90-57-48(64-38(3)72)54(82)51(79)41(35-69)94-57/h39-41,46-57,67-69,77-82H,7-35H2,1-6H3,(H,59,73)(H,60,74)(H,61,75)(H,62,70)(H,63,71)(H,64,72)(H,83,84). The number of hydrogen-bond acceptors (Lipinski definition) is 29. The summed E-state index contributed by atoms with van der Waals surface area (Å²) in [6, 6.07) is -3.42. The van der Waals surface area contributed by atoms with Crippen molar-refractivity contribution in [2.24, 2.45) is 0 Å². The Balaban J connectivity index is 1.60. The largest absolute Gasteiger partial charge is 0.472 e. The Morgan fingerprint density at radius 2 is 0.812 bits per heavy atom. The summed E-state index contributed by atoms with van der Waals surface area (Å²) in [5, 5.41) is 107. The summed E-state index contributed by atoms with van der Waals surface area (Å²) in [4.78, 5) is 102. The summed E-state index contributed by atoms with van der Waals surface area (Å²) in [7, 11) is -4.32. The topological polar surface area (TPSA) is 519 Å². The van der Waals surface area contributed by atoms with E-state index < -0.39 is 149 Å². The Labute approximate surface area is 558 Å². The van der Waals surface area contributed by atoms with Gasteiger partial charge >= 0.3 is 7.82 Å². The number of nitrogens with one attached hydrogen (secondary N) is 6. The first-order chi connectivity index (χ1) is 45.5. The normalized spacial score (nSPS) is 26.7. The van der Waals surface area contributed by atoms with Gasteiger partial charge in [-0.05, 0) is 46.6 Å². The van der Waals surface area contributed by atoms with Crippen LogP contribution >= 0.6 is 7.82 Å². The van der Waals surface area contributed by atoms with Crippen LogP contribution in [0, 0.1) is 0 Å². The lowest BCUT2D eigenvalue weighted by Gasteiger charge is -2.42. The maximum atomic E-state index is 13.8. The first-order valence-electron chi connectivity index (χ1n) is 32.3. The molecule has 0 radical (unpaired) electrons. The van der Waals surface area contributed by atoms with Crippen molar-refractivity contribution in [3.05, 3.63) is 0 Å². The molecule has 0 aliphatic carbocycles. The van der Waals surface area contributed by atoms with E-state index in [9.17, 15) is 89.0 Å². The van der Waals surface area contributed by atoms with Gasteiger partial charge in [-0.2, -0.15) is 0 Å². The van der Waals surface area contributed by atoms with E-state index in [0.717, 1.165) is 0 Å². The van der Waals surface area contributed by atoms with Crippen LogP contribution in [0.15, 0.2) is 0 Å². The van der Waals surface area contributed by atoms with Gasteiger partial charge in [0.15, 0.2) is 18.9 Å². The lowest BCUT2D eigenvalue weighted by molar-refractivity contribution is -0.272. The minimum Gasteiger partial charge on any atom is -0.394 e. The van der Waals surface area contributed by atoms with Crippen LogP contribution in [0.5, 0.6) is 0 Å². The van der Waals surface area contributed by atoms with E-state index in [4.69, 9.17) is 51.7 Å². The van der Waals surface area contributed by atoms with E-state index in [0.29, 0.717) is 25.7 Å². The van der Waals surface area contributed by atoms with Crippen LogP contribution in [0.2, 0.25) is 0 Å². The number of carbonyl (C=O) groups is 7. The number of amides is 7. The number of hydrogen-bond donors (Lipinski definition) is 16. The number of rotatable bonds is 48. The first-order valence-corrected chi connectivity index (χ1v) is 33.8. The third kappa shape index (κ3) is 33.7. The molecule has 37 nitrogen and oxygen atoms in total. The van der Waals surface area contributed by atoms with Gasteiger partial charge in [-0.3, -0.25) is 42.6 Å². The fraction of sp³-hybridized carbons (Fsp3) is 0.879. The molecule has 0 saturated carbocycles. The monoisotopic (exact) mass is 1410 g/mol. The molecular formula is C58H107N8O29P.